The van der Waals surface area contributed by atoms with Crippen molar-refractivity contribution in [2.75, 3.05) is 43.6 Å². The lowest BCUT2D eigenvalue weighted by molar-refractivity contribution is 0.0144. The predicted octanol–water partition coefficient (Wildman–Crippen LogP) is 2.79. The number of rotatable bonds is 4. The zero-order valence-electron chi connectivity index (χ0n) is 13.1. The first-order chi connectivity index (χ1) is 10.2. The number of carbonyl (C=O) groups is 1. The molecule has 1 N–H and O–H groups in total. The van der Waals surface area contributed by atoms with Crippen LogP contribution in [0, 0.1) is 0 Å². The highest BCUT2D eigenvalue weighted by Crippen LogP contribution is 2.19. The van der Waals surface area contributed by atoms with E-state index in [4.69, 9.17) is 4.74 Å². The Labute approximate surface area is 126 Å². The van der Waals surface area contributed by atoms with Crippen LogP contribution in [-0.4, -0.2) is 50.3 Å². The van der Waals surface area contributed by atoms with E-state index in [1.807, 2.05) is 36.2 Å². The Morgan fingerprint density at radius 2 is 2.29 bits per heavy atom. The smallest absolute Gasteiger partial charge is 0.322 e. The fraction of sp³-hybridized carbons (Fsp3) is 0.562. The van der Waals surface area contributed by atoms with E-state index in [-0.39, 0.29) is 12.1 Å². The van der Waals surface area contributed by atoms with Gasteiger partial charge in [-0.3, -0.25) is 0 Å². The first kappa shape index (κ1) is 15.6. The SMILES string of the molecule is CCC1COCCN1C(=O)Nc1cccc(N(C)CC)c1. The van der Waals surface area contributed by atoms with Crippen molar-refractivity contribution < 1.29 is 9.53 Å². The number of urea groups is 1. The van der Waals surface area contributed by atoms with Gasteiger partial charge in [-0.1, -0.05) is 13.0 Å². The molecule has 1 aliphatic heterocycles. The van der Waals surface area contributed by atoms with Gasteiger partial charge in [-0.15, -0.1) is 0 Å². The van der Waals surface area contributed by atoms with Gasteiger partial charge in [0.2, 0.25) is 0 Å². The van der Waals surface area contributed by atoms with Crippen LogP contribution in [0.3, 0.4) is 0 Å². The quantitative estimate of drug-likeness (QED) is 0.927. The molecule has 1 unspecified atom stereocenters. The van der Waals surface area contributed by atoms with Crippen LogP contribution >= 0.6 is 0 Å². The topological polar surface area (TPSA) is 44.8 Å². The Morgan fingerprint density at radius 1 is 1.48 bits per heavy atom. The summed E-state index contributed by atoms with van der Waals surface area (Å²) in [5, 5.41) is 3.00. The number of morpholine rings is 1. The third-order valence-corrected chi connectivity index (χ3v) is 3.97. The van der Waals surface area contributed by atoms with E-state index in [0.717, 1.165) is 24.3 Å². The molecule has 2 rings (SSSR count). The predicted molar refractivity (Wildman–Crippen MR) is 86.0 cm³/mol. The number of nitrogens with zero attached hydrogens (tertiary/aromatic N) is 2. The van der Waals surface area contributed by atoms with Crippen molar-refractivity contribution in [3.8, 4) is 0 Å². The molecule has 116 valence electrons. The highest BCUT2D eigenvalue weighted by Gasteiger charge is 2.25. The van der Waals surface area contributed by atoms with E-state index in [0.29, 0.717) is 19.8 Å². The number of hydrogen-bond acceptors (Lipinski definition) is 3. The second-order valence-electron chi connectivity index (χ2n) is 5.33. The second kappa shape index (κ2) is 7.31. The van der Waals surface area contributed by atoms with Crippen molar-refractivity contribution in [3.63, 3.8) is 0 Å². The summed E-state index contributed by atoms with van der Waals surface area (Å²) in [5.74, 6) is 0. The third-order valence-electron chi connectivity index (χ3n) is 3.97. The summed E-state index contributed by atoms with van der Waals surface area (Å²) >= 11 is 0. The van der Waals surface area contributed by atoms with Gasteiger partial charge in [0, 0.05) is 31.5 Å². The second-order valence-corrected chi connectivity index (χ2v) is 5.33. The standard InChI is InChI=1S/C16H25N3O2/c1-4-14-12-21-10-9-19(14)16(20)17-13-7-6-8-15(11-13)18(3)5-2/h6-8,11,14H,4-5,9-10,12H2,1-3H3,(H,17,20). The zero-order chi connectivity index (χ0) is 15.2. The van der Waals surface area contributed by atoms with Crippen LogP contribution in [0.5, 0.6) is 0 Å². The minimum Gasteiger partial charge on any atom is -0.377 e. The molecular weight excluding hydrogens is 266 g/mol. The summed E-state index contributed by atoms with van der Waals surface area (Å²) in [6.07, 6.45) is 0.909. The number of benzene rings is 1. The van der Waals surface area contributed by atoms with Crippen molar-refractivity contribution in [2.45, 2.75) is 26.3 Å². The molecule has 1 heterocycles. The van der Waals surface area contributed by atoms with Crippen LogP contribution in [0.25, 0.3) is 0 Å². The molecule has 21 heavy (non-hydrogen) atoms. The molecule has 0 spiro atoms. The van der Waals surface area contributed by atoms with Gasteiger partial charge in [0.05, 0.1) is 19.3 Å². The summed E-state index contributed by atoms with van der Waals surface area (Å²) in [4.78, 5) is 16.4. The normalized spacial score (nSPS) is 18.4. The van der Waals surface area contributed by atoms with Crippen LogP contribution in [-0.2, 0) is 4.74 Å². The number of anilines is 2. The first-order valence-electron chi connectivity index (χ1n) is 7.62. The van der Waals surface area contributed by atoms with Crippen LogP contribution in [0.1, 0.15) is 20.3 Å². The number of ether oxygens (including phenoxy) is 1. The van der Waals surface area contributed by atoms with Crippen molar-refractivity contribution in [1.29, 1.82) is 0 Å². The van der Waals surface area contributed by atoms with Crippen molar-refractivity contribution in [1.82, 2.24) is 4.90 Å². The number of carbonyl (C=O) groups excluding carboxylic acids is 1. The Bertz CT molecular complexity index is 478. The monoisotopic (exact) mass is 291 g/mol. The minimum absolute atomic E-state index is 0.0403. The van der Waals surface area contributed by atoms with E-state index in [2.05, 4.69) is 24.1 Å². The average Bonchev–Trinajstić information content (AvgIpc) is 2.54. The van der Waals surface area contributed by atoms with Gasteiger partial charge < -0.3 is 19.9 Å². The molecule has 1 aromatic carbocycles. The summed E-state index contributed by atoms with van der Waals surface area (Å²) in [7, 11) is 2.04. The Morgan fingerprint density at radius 3 is 3.00 bits per heavy atom. The maximum Gasteiger partial charge on any atom is 0.322 e. The van der Waals surface area contributed by atoms with Crippen LogP contribution < -0.4 is 10.2 Å². The van der Waals surface area contributed by atoms with Gasteiger partial charge in [0.15, 0.2) is 0 Å². The van der Waals surface area contributed by atoms with Crippen molar-refractivity contribution in [2.24, 2.45) is 0 Å². The van der Waals surface area contributed by atoms with Gasteiger partial charge in [0.1, 0.15) is 0 Å². The number of amides is 2. The van der Waals surface area contributed by atoms with Crippen LogP contribution in [0.4, 0.5) is 16.2 Å². The molecular formula is C16H25N3O2. The highest BCUT2D eigenvalue weighted by molar-refractivity contribution is 5.90. The van der Waals surface area contributed by atoms with Gasteiger partial charge in [0.25, 0.3) is 0 Å². The van der Waals surface area contributed by atoms with E-state index >= 15 is 0 Å². The first-order valence-corrected chi connectivity index (χ1v) is 7.62. The largest absolute Gasteiger partial charge is 0.377 e. The molecule has 5 heteroatoms. The molecule has 1 atom stereocenters. The summed E-state index contributed by atoms with van der Waals surface area (Å²) in [6.45, 7) is 7.00. The van der Waals surface area contributed by atoms with Crippen molar-refractivity contribution in [3.05, 3.63) is 24.3 Å². The lowest BCUT2D eigenvalue weighted by atomic mass is 10.2. The van der Waals surface area contributed by atoms with Gasteiger partial charge in [-0.05, 0) is 31.5 Å². The highest BCUT2D eigenvalue weighted by atomic mass is 16.5. The van der Waals surface area contributed by atoms with E-state index in [9.17, 15) is 4.79 Å². The molecule has 5 nitrogen and oxygen atoms in total. The molecule has 0 bridgehead atoms. The van der Waals surface area contributed by atoms with Crippen LogP contribution in [0.15, 0.2) is 24.3 Å². The molecule has 1 aliphatic rings. The molecule has 2 amide bonds. The Hall–Kier alpha value is -1.75. The zero-order valence-corrected chi connectivity index (χ0v) is 13.1. The molecule has 0 saturated carbocycles. The molecule has 1 saturated heterocycles. The van der Waals surface area contributed by atoms with E-state index < -0.39 is 0 Å². The maximum absolute atomic E-state index is 12.4. The van der Waals surface area contributed by atoms with E-state index in [1.54, 1.807) is 0 Å². The summed E-state index contributed by atoms with van der Waals surface area (Å²) < 4.78 is 5.44. The molecule has 0 aromatic heterocycles. The average molecular weight is 291 g/mol. The van der Waals surface area contributed by atoms with Crippen molar-refractivity contribution >= 4 is 17.4 Å². The minimum atomic E-state index is -0.0403. The number of nitrogens with one attached hydrogen (secondary N) is 1. The molecule has 0 radical (unpaired) electrons. The molecule has 1 aromatic rings. The van der Waals surface area contributed by atoms with E-state index in [1.165, 1.54) is 0 Å². The Balaban J connectivity index is 2.05. The lowest BCUT2D eigenvalue weighted by Crippen LogP contribution is -2.50. The summed E-state index contributed by atoms with van der Waals surface area (Å²) in [5.41, 5.74) is 1.93. The fourth-order valence-electron chi connectivity index (χ4n) is 2.46. The maximum atomic E-state index is 12.4. The fourth-order valence-corrected chi connectivity index (χ4v) is 2.46. The summed E-state index contributed by atoms with van der Waals surface area (Å²) in [6, 6.07) is 8.06. The third kappa shape index (κ3) is 3.88. The van der Waals surface area contributed by atoms with Crippen LogP contribution in [0.2, 0.25) is 0 Å². The van der Waals surface area contributed by atoms with Gasteiger partial charge >= 0.3 is 6.03 Å². The Kier molecular flexibility index (Phi) is 5.44. The van der Waals surface area contributed by atoms with Gasteiger partial charge in [-0.25, -0.2) is 4.79 Å². The molecule has 1 fully saturated rings. The van der Waals surface area contributed by atoms with Gasteiger partial charge in [-0.2, -0.15) is 0 Å². The molecule has 0 aliphatic carbocycles. The number of hydrogen-bond donors (Lipinski definition) is 1. The lowest BCUT2D eigenvalue weighted by Gasteiger charge is -2.35.